The first-order valence-electron chi connectivity index (χ1n) is 7.77. The molecule has 0 spiro atoms. The van der Waals surface area contributed by atoms with Gasteiger partial charge in [0.1, 0.15) is 17.3 Å². The van der Waals surface area contributed by atoms with Crippen molar-refractivity contribution in [3.63, 3.8) is 0 Å². The highest BCUT2D eigenvalue weighted by Crippen LogP contribution is 2.34. The zero-order valence-corrected chi connectivity index (χ0v) is 14.6. The van der Waals surface area contributed by atoms with Gasteiger partial charge in [0.15, 0.2) is 0 Å². The van der Waals surface area contributed by atoms with Gasteiger partial charge in [-0.3, -0.25) is 9.59 Å². The molecule has 3 N–H and O–H groups in total. The molecule has 1 aromatic heterocycles. The van der Waals surface area contributed by atoms with Gasteiger partial charge in [0, 0.05) is 6.07 Å². The Morgan fingerprint density at radius 2 is 1.89 bits per heavy atom. The molecule has 0 aliphatic heterocycles. The SMILES string of the molecule is Cc1nc(C(=O)N[C@@H](c2ccc(C(F)(F)F)c(F)c2)C(C)(C)O)cc(=O)[nH]1. The van der Waals surface area contributed by atoms with E-state index >= 15 is 0 Å². The normalized spacial score (nSPS) is 13.3. The van der Waals surface area contributed by atoms with Crippen molar-refractivity contribution in [1.82, 2.24) is 15.3 Å². The predicted octanol–water partition coefficient (Wildman–Crippen LogP) is 2.48. The maximum absolute atomic E-state index is 13.9. The summed E-state index contributed by atoms with van der Waals surface area (Å²) in [6.45, 7) is 4.05. The van der Waals surface area contributed by atoms with Crippen molar-refractivity contribution < 1.29 is 27.5 Å². The Hall–Kier alpha value is -2.75. The van der Waals surface area contributed by atoms with Gasteiger partial charge in [-0.15, -0.1) is 0 Å². The minimum Gasteiger partial charge on any atom is -0.388 e. The van der Waals surface area contributed by atoms with Crippen LogP contribution >= 0.6 is 0 Å². The molecular weight excluding hydrogens is 370 g/mol. The fourth-order valence-electron chi connectivity index (χ4n) is 2.51. The number of carbonyl (C=O) groups excluding carboxylic acids is 1. The lowest BCUT2D eigenvalue weighted by molar-refractivity contribution is -0.140. The fraction of sp³-hybridized carbons (Fsp3) is 0.353. The fourth-order valence-corrected chi connectivity index (χ4v) is 2.51. The molecule has 1 aromatic carbocycles. The van der Waals surface area contributed by atoms with Gasteiger partial charge < -0.3 is 15.4 Å². The molecule has 10 heteroatoms. The molecule has 1 amide bonds. The number of H-pyrrole nitrogens is 1. The molecule has 0 radical (unpaired) electrons. The molecule has 1 atom stereocenters. The standard InChI is InChI=1S/C17H17F4N3O3/c1-8-22-12(7-13(25)23-8)15(26)24-14(16(2,3)27)9-4-5-10(11(18)6-9)17(19,20)21/h4-7,14,27H,1-3H3,(H,24,26)(H,22,23,25)/t14-/m0/s1. The van der Waals surface area contributed by atoms with Gasteiger partial charge in [-0.25, -0.2) is 9.37 Å². The minimum atomic E-state index is -4.87. The summed E-state index contributed by atoms with van der Waals surface area (Å²) in [7, 11) is 0. The molecule has 1 heterocycles. The number of alkyl halides is 3. The number of aromatic nitrogens is 2. The predicted molar refractivity (Wildman–Crippen MR) is 87.5 cm³/mol. The van der Waals surface area contributed by atoms with Crippen LogP contribution in [0.5, 0.6) is 0 Å². The Kier molecular flexibility index (Phi) is 5.41. The molecule has 0 saturated carbocycles. The molecule has 0 saturated heterocycles. The van der Waals surface area contributed by atoms with Crippen molar-refractivity contribution in [1.29, 1.82) is 0 Å². The van der Waals surface area contributed by atoms with Gasteiger partial charge in [-0.05, 0) is 38.5 Å². The molecule has 6 nitrogen and oxygen atoms in total. The number of nitrogens with zero attached hydrogens (tertiary/aromatic N) is 1. The summed E-state index contributed by atoms with van der Waals surface area (Å²) in [6.07, 6.45) is -4.87. The molecule has 2 aromatic rings. The monoisotopic (exact) mass is 387 g/mol. The highest BCUT2D eigenvalue weighted by Gasteiger charge is 2.36. The molecule has 0 unspecified atom stereocenters. The van der Waals surface area contributed by atoms with Crippen LogP contribution in [0.15, 0.2) is 29.1 Å². The number of nitrogens with one attached hydrogen (secondary N) is 2. The minimum absolute atomic E-state index is 0.0806. The number of aromatic amines is 1. The molecule has 27 heavy (non-hydrogen) atoms. The van der Waals surface area contributed by atoms with Gasteiger partial charge in [-0.1, -0.05) is 6.07 Å². The van der Waals surface area contributed by atoms with Crippen LogP contribution in [-0.4, -0.2) is 26.6 Å². The summed E-state index contributed by atoms with van der Waals surface area (Å²) in [5, 5.41) is 12.7. The van der Waals surface area contributed by atoms with Crippen molar-refractivity contribution in [3.8, 4) is 0 Å². The molecule has 0 aliphatic rings. The molecule has 0 bridgehead atoms. The van der Waals surface area contributed by atoms with Crippen LogP contribution in [0.3, 0.4) is 0 Å². The first-order chi connectivity index (χ1) is 12.3. The van der Waals surface area contributed by atoms with E-state index in [1.54, 1.807) is 0 Å². The Bertz CT molecular complexity index is 917. The third-order valence-electron chi connectivity index (χ3n) is 3.71. The Balaban J connectivity index is 2.41. The van der Waals surface area contributed by atoms with Crippen molar-refractivity contribution >= 4 is 5.91 Å². The van der Waals surface area contributed by atoms with E-state index in [2.05, 4.69) is 15.3 Å². The van der Waals surface area contributed by atoms with E-state index in [1.165, 1.54) is 20.8 Å². The second kappa shape index (κ2) is 7.10. The van der Waals surface area contributed by atoms with E-state index in [0.717, 1.165) is 12.1 Å². The van der Waals surface area contributed by atoms with E-state index in [1.807, 2.05) is 0 Å². The number of amides is 1. The quantitative estimate of drug-likeness (QED) is 0.703. The van der Waals surface area contributed by atoms with Crippen LogP contribution in [0.1, 0.15) is 47.3 Å². The van der Waals surface area contributed by atoms with Gasteiger partial charge >= 0.3 is 6.18 Å². The van der Waals surface area contributed by atoms with Gasteiger partial charge in [0.25, 0.3) is 11.5 Å². The first kappa shape index (κ1) is 20.6. The summed E-state index contributed by atoms with van der Waals surface area (Å²) in [6, 6.07) is 1.76. The van der Waals surface area contributed by atoms with Gasteiger partial charge in [-0.2, -0.15) is 13.2 Å². The lowest BCUT2D eigenvalue weighted by Gasteiger charge is -2.30. The number of benzene rings is 1. The van der Waals surface area contributed by atoms with E-state index in [0.29, 0.717) is 12.1 Å². The van der Waals surface area contributed by atoms with E-state index in [9.17, 15) is 32.3 Å². The number of hydrogen-bond donors (Lipinski definition) is 3. The second-order valence-electron chi connectivity index (χ2n) is 6.51. The zero-order valence-electron chi connectivity index (χ0n) is 14.6. The first-order valence-corrected chi connectivity index (χ1v) is 7.77. The Morgan fingerprint density at radius 3 is 2.37 bits per heavy atom. The van der Waals surface area contributed by atoms with Crippen molar-refractivity contribution in [2.45, 2.75) is 38.6 Å². The van der Waals surface area contributed by atoms with Gasteiger partial charge in [0.2, 0.25) is 0 Å². The highest BCUT2D eigenvalue weighted by molar-refractivity contribution is 5.92. The second-order valence-corrected chi connectivity index (χ2v) is 6.51. The maximum atomic E-state index is 13.9. The lowest BCUT2D eigenvalue weighted by atomic mass is 9.91. The van der Waals surface area contributed by atoms with Crippen molar-refractivity contribution in [2.75, 3.05) is 0 Å². The van der Waals surface area contributed by atoms with E-state index in [4.69, 9.17) is 0 Å². The average molecular weight is 387 g/mol. The number of carbonyl (C=O) groups is 1. The topological polar surface area (TPSA) is 95.1 Å². The number of rotatable bonds is 4. The Labute approximate surface area is 151 Å². The highest BCUT2D eigenvalue weighted by atomic mass is 19.4. The summed E-state index contributed by atoms with van der Waals surface area (Å²) >= 11 is 0. The zero-order chi connectivity index (χ0) is 20.6. The molecule has 0 fully saturated rings. The number of aryl methyl sites for hydroxylation is 1. The van der Waals surface area contributed by atoms with E-state index in [-0.39, 0.29) is 17.1 Å². The third-order valence-corrected chi connectivity index (χ3v) is 3.71. The summed E-state index contributed by atoms with van der Waals surface area (Å²) < 4.78 is 52.1. The number of aliphatic hydroxyl groups is 1. The average Bonchev–Trinajstić information content (AvgIpc) is 2.48. The van der Waals surface area contributed by atoms with Crippen molar-refractivity contribution in [2.24, 2.45) is 0 Å². The molecule has 146 valence electrons. The third kappa shape index (κ3) is 4.91. The Morgan fingerprint density at radius 1 is 1.26 bits per heavy atom. The van der Waals surface area contributed by atoms with Crippen molar-refractivity contribution in [3.05, 3.63) is 63.1 Å². The molecule has 0 aliphatic carbocycles. The molecular formula is C17H17F4N3O3. The number of hydrogen-bond acceptors (Lipinski definition) is 4. The number of halogens is 4. The van der Waals surface area contributed by atoms with E-state index < -0.39 is 40.7 Å². The smallest absolute Gasteiger partial charge is 0.388 e. The largest absolute Gasteiger partial charge is 0.419 e. The molecule has 2 rings (SSSR count). The van der Waals surface area contributed by atoms with Crippen LogP contribution < -0.4 is 10.9 Å². The summed E-state index contributed by atoms with van der Waals surface area (Å²) in [5.74, 6) is -2.21. The lowest BCUT2D eigenvalue weighted by Crippen LogP contribution is -2.42. The van der Waals surface area contributed by atoms with Crippen LogP contribution in [0.2, 0.25) is 0 Å². The summed E-state index contributed by atoms with van der Waals surface area (Å²) in [5.41, 5.74) is -4.02. The van der Waals surface area contributed by atoms with Crippen LogP contribution in [0.4, 0.5) is 17.6 Å². The van der Waals surface area contributed by atoms with Gasteiger partial charge in [0.05, 0.1) is 17.2 Å². The van der Waals surface area contributed by atoms with Crippen LogP contribution in [-0.2, 0) is 6.18 Å². The van der Waals surface area contributed by atoms with Crippen LogP contribution in [0, 0.1) is 12.7 Å². The van der Waals surface area contributed by atoms with Crippen LogP contribution in [0.25, 0.3) is 0 Å². The summed E-state index contributed by atoms with van der Waals surface area (Å²) in [4.78, 5) is 30.1. The maximum Gasteiger partial charge on any atom is 0.419 e.